The maximum Gasteiger partial charge on any atom is 0.286 e. The fourth-order valence-electron chi connectivity index (χ4n) is 5.09. The molecule has 204 valence electrons. The highest BCUT2D eigenvalue weighted by molar-refractivity contribution is 6.81. The van der Waals surface area contributed by atoms with E-state index in [1.807, 2.05) is 0 Å². The summed E-state index contributed by atoms with van der Waals surface area (Å²) in [4.78, 5) is 0. The van der Waals surface area contributed by atoms with Crippen LogP contribution in [0, 0.1) is 0 Å². The standard InChI is InChI=1S/C29H65N3Si2/c1-9-16-22-30(23-17-10-2)34(28-33-29(8)15-7,31(24-18-11-3)25-19-12-4)32(26-20-13-5)27-21-14-6/h15H,9-14,16-28,33H2,1-8H3. The first-order valence-electron chi connectivity index (χ1n) is 15.4. The molecule has 0 aromatic heterocycles. The molecule has 0 fully saturated rings. The van der Waals surface area contributed by atoms with Gasteiger partial charge in [0.15, 0.2) is 0 Å². The van der Waals surface area contributed by atoms with E-state index < -0.39 is 8.56 Å². The van der Waals surface area contributed by atoms with E-state index in [2.05, 4.69) is 75.2 Å². The highest BCUT2D eigenvalue weighted by Gasteiger charge is 2.49. The smallest absolute Gasteiger partial charge is 0.286 e. The number of allylic oxidation sites excluding steroid dienone is 2. The molecule has 0 unspecified atom stereocenters. The average molecular weight is 512 g/mol. The second-order valence-corrected chi connectivity index (χ2v) is 17.6. The molecule has 0 aromatic carbocycles. The van der Waals surface area contributed by atoms with E-state index in [0.717, 1.165) is 0 Å². The summed E-state index contributed by atoms with van der Waals surface area (Å²) < 4.78 is 9.44. The predicted molar refractivity (Wildman–Crippen MR) is 163 cm³/mol. The van der Waals surface area contributed by atoms with Gasteiger partial charge in [-0.3, -0.25) is 13.7 Å². The number of hydrogen-bond acceptors (Lipinski definition) is 3. The fourth-order valence-corrected chi connectivity index (χ4v) is 16.4. The van der Waals surface area contributed by atoms with Gasteiger partial charge in [-0.25, -0.2) is 0 Å². The van der Waals surface area contributed by atoms with Gasteiger partial charge in [0.2, 0.25) is 0 Å². The second-order valence-electron chi connectivity index (χ2n) is 10.5. The van der Waals surface area contributed by atoms with Gasteiger partial charge >= 0.3 is 0 Å². The molecule has 3 nitrogen and oxygen atoms in total. The molecule has 0 saturated heterocycles. The molecule has 0 atom stereocenters. The van der Waals surface area contributed by atoms with Crippen LogP contribution in [0.25, 0.3) is 0 Å². The molecule has 0 rings (SSSR count). The molecule has 0 spiro atoms. The van der Waals surface area contributed by atoms with Crippen LogP contribution in [-0.4, -0.2) is 71.0 Å². The van der Waals surface area contributed by atoms with Crippen molar-refractivity contribution in [1.82, 2.24) is 13.7 Å². The fraction of sp³-hybridized carbons (Fsp3) is 0.931. The molecule has 0 heterocycles. The summed E-state index contributed by atoms with van der Waals surface area (Å²) in [5.74, 6) is 0. The van der Waals surface area contributed by atoms with E-state index in [4.69, 9.17) is 0 Å². The molecular weight excluding hydrogens is 447 g/mol. The summed E-state index contributed by atoms with van der Waals surface area (Å²) in [6.45, 7) is 26.9. The molecular formula is C29H65N3Si2. The third kappa shape index (κ3) is 12.3. The Morgan fingerprint density at radius 2 is 0.824 bits per heavy atom. The van der Waals surface area contributed by atoms with Gasteiger partial charge < -0.3 is 0 Å². The lowest BCUT2D eigenvalue weighted by molar-refractivity contribution is 0.226. The Morgan fingerprint density at radius 3 is 1.03 bits per heavy atom. The Balaban J connectivity index is 6.78. The minimum absolute atomic E-state index is 0.239. The van der Waals surface area contributed by atoms with Gasteiger partial charge in [0, 0.05) is 0 Å². The molecule has 34 heavy (non-hydrogen) atoms. The first-order chi connectivity index (χ1) is 16.5. The summed E-state index contributed by atoms with van der Waals surface area (Å²) in [5, 5.41) is 1.72. The number of unbranched alkanes of at least 4 members (excludes halogenated alkanes) is 6. The Hall–Kier alpha value is 0.0538. The van der Waals surface area contributed by atoms with E-state index in [1.165, 1.54) is 122 Å². The van der Waals surface area contributed by atoms with Gasteiger partial charge in [-0.1, -0.05) is 91.3 Å². The molecule has 5 heteroatoms. The van der Waals surface area contributed by atoms with Crippen LogP contribution in [0.5, 0.6) is 0 Å². The van der Waals surface area contributed by atoms with Crippen LogP contribution in [-0.2, 0) is 0 Å². The SMILES string of the molecule is CC=C(C)[SiH2]C[Si](N(CCCC)CCCC)(N(CCCC)CCCC)N(CCCC)CCCC. The third-order valence-corrected chi connectivity index (χ3v) is 16.8. The minimum atomic E-state index is -1.97. The predicted octanol–water partition coefficient (Wildman–Crippen LogP) is 7.68. The first-order valence-corrected chi connectivity index (χ1v) is 19.1. The van der Waals surface area contributed by atoms with E-state index in [0.29, 0.717) is 0 Å². The van der Waals surface area contributed by atoms with Crippen molar-refractivity contribution in [1.29, 1.82) is 0 Å². The van der Waals surface area contributed by atoms with Crippen LogP contribution in [0.2, 0.25) is 5.67 Å². The first kappa shape index (κ1) is 34.1. The molecule has 0 aliphatic carbocycles. The van der Waals surface area contributed by atoms with Crippen molar-refractivity contribution in [2.75, 3.05) is 39.3 Å². The Morgan fingerprint density at radius 1 is 0.559 bits per heavy atom. The topological polar surface area (TPSA) is 9.72 Å². The molecule has 0 aliphatic heterocycles. The van der Waals surface area contributed by atoms with E-state index in [1.54, 1.807) is 5.20 Å². The number of rotatable bonds is 24. The van der Waals surface area contributed by atoms with Crippen molar-refractivity contribution in [2.45, 2.75) is 138 Å². The summed E-state index contributed by atoms with van der Waals surface area (Å²) in [7, 11) is -2.20. The van der Waals surface area contributed by atoms with Gasteiger partial charge in [0.25, 0.3) is 8.56 Å². The largest absolute Gasteiger partial charge is 0.300 e. The highest BCUT2D eigenvalue weighted by Crippen LogP contribution is 2.29. The van der Waals surface area contributed by atoms with Crippen molar-refractivity contribution >= 4 is 18.1 Å². The lowest BCUT2D eigenvalue weighted by Gasteiger charge is -2.55. The zero-order chi connectivity index (χ0) is 25.7. The van der Waals surface area contributed by atoms with E-state index in [-0.39, 0.29) is 9.52 Å². The van der Waals surface area contributed by atoms with Crippen molar-refractivity contribution < 1.29 is 0 Å². The van der Waals surface area contributed by atoms with Gasteiger partial charge in [-0.15, -0.1) is 0 Å². The molecule has 0 aromatic rings. The lowest BCUT2D eigenvalue weighted by atomic mass is 10.3. The summed E-state index contributed by atoms with van der Waals surface area (Å²) in [5.41, 5.74) is 1.51. The molecule has 0 amide bonds. The zero-order valence-electron chi connectivity index (χ0n) is 25.1. The second kappa shape index (κ2) is 22.3. The number of hydrogen-bond donors (Lipinski definition) is 0. The summed E-state index contributed by atoms with van der Waals surface area (Å²) in [6, 6.07) is 0. The van der Waals surface area contributed by atoms with Crippen molar-refractivity contribution in [3.63, 3.8) is 0 Å². The van der Waals surface area contributed by atoms with Crippen LogP contribution in [0.1, 0.15) is 132 Å². The Bertz CT molecular complexity index is 410. The van der Waals surface area contributed by atoms with E-state index >= 15 is 0 Å². The van der Waals surface area contributed by atoms with Gasteiger partial charge in [-0.2, -0.15) is 0 Å². The van der Waals surface area contributed by atoms with Crippen LogP contribution < -0.4 is 0 Å². The van der Waals surface area contributed by atoms with Crippen LogP contribution in [0.4, 0.5) is 0 Å². The monoisotopic (exact) mass is 511 g/mol. The zero-order valence-corrected chi connectivity index (χ0v) is 27.5. The molecule has 0 N–H and O–H groups in total. The molecule has 0 saturated carbocycles. The normalized spacial score (nSPS) is 13.4. The third-order valence-electron chi connectivity index (χ3n) is 7.56. The van der Waals surface area contributed by atoms with Crippen molar-refractivity contribution in [2.24, 2.45) is 0 Å². The lowest BCUT2D eigenvalue weighted by Crippen LogP contribution is -2.76. The quantitative estimate of drug-likeness (QED) is 0.123. The maximum absolute atomic E-state index is 3.15. The average Bonchev–Trinajstić information content (AvgIpc) is 2.86. The molecule has 0 bridgehead atoms. The van der Waals surface area contributed by atoms with Crippen molar-refractivity contribution in [3.8, 4) is 0 Å². The van der Waals surface area contributed by atoms with Gasteiger partial charge in [-0.05, 0) is 97.3 Å². The minimum Gasteiger partial charge on any atom is -0.300 e. The molecule has 0 aliphatic rings. The van der Waals surface area contributed by atoms with Crippen LogP contribution in [0.15, 0.2) is 11.3 Å². The summed E-state index contributed by atoms with van der Waals surface area (Å²) in [6.07, 6.45) is 18.4. The Labute approximate surface area is 220 Å². The van der Waals surface area contributed by atoms with Crippen LogP contribution >= 0.6 is 0 Å². The Kier molecular flexibility index (Phi) is 22.3. The maximum atomic E-state index is 3.15. The van der Waals surface area contributed by atoms with E-state index in [9.17, 15) is 0 Å². The van der Waals surface area contributed by atoms with Crippen molar-refractivity contribution in [3.05, 3.63) is 11.3 Å². The van der Waals surface area contributed by atoms with Crippen LogP contribution in [0.3, 0.4) is 0 Å². The molecule has 0 radical (unpaired) electrons. The van der Waals surface area contributed by atoms with Gasteiger partial charge in [0.1, 0.15) is 0 Å². The number of nitrogens with zero attached hydrogens (tertiary/aromatic N) is 3. The highest BCUT2D eigenvalue weighted by atomic mass is 28.4. The van der Waals surface area contributed by atoms with Gasteiger partial charge in [0.05, 0.1) is 9.52 Å². The summed E-state index contributed by atoms with van der Waals surface area (Å²) >= 11 is 0.